The molecule has 1 atom stereocenters. The van der Waals surface area contributed by atoms with Gasteiger partial charge in [-0.15, -0.1) is 0 Å². The predicted octanol–water partition coefficient (Wildman–Crippen LogP) is 6.93. The van der Waals surface area contributed by atoms with Gasteiger partial charge in [-0.05, 0) is 98.2 Å². The van der Waals surface area contributed by atoms with E-state index in [0.717, 1.165) is 23.2 Å². The van der Waals surface area contributed by atoms with E-state index in [1.165, 1.54) is 29.7 Å². The number of carbonyl (C=O) groups is 2. The van der Waals surface area contributed by atoms with Gasteiger partial charge in [0.05, 0.1) is 17.4 Å². The summed E-state index contributed by atoms with van der Waals surface area (Å²) in [6.45, 7) is 13.8. The van der Waals surface area contributed by atoms with Crippen LogP contribution in [0.1, 0.15) is 66.8 Å². The average molecular weight is 595 g/mol. The van der Waals surface area contributed by atoms with Crippen LogP contribution in [-0.2, 0) is 11.3 Å². The summed E-state index contributed by atoms with van der Waals surface area (Å²) < 4.78 is 21.7. The van der Waals surface area contributed by atoms with E-state index in [1.807, 2.05) is 30.3 Å². The Bertz CT molecular complexity index is 1690. The van der Waals surface area contributed by atoms with Crippen LogP contribution in [0.5, 0.6) is 0 Å². The van der Waals surface area contributed by atoms with Gasteiger partial charge in [-0.2, -0.15) is 4.68 Å². The molecule has 5 rings (SSSR count). The van der Waals surface area contributed by atoms with Gasteiger partial charge in [-0.25, -0.2) is 9.18 Å². The van der Waals surface area contributed by atoms with E-state index < -0.39 is 23.4 Å². The Hall–Kier alpha value is -5.01. The highest BCUT2D eigenvalue weighted by Gasteiger charge is 2.25. The molecule has 2 amide bonds. The fraction of sp³-hybridized carbons (Fsp3) is 0.294. The fourth-order valence-electron chi connectivity index (χ4n) is 4.75. The maximum absolute atomic E-state index is 15.1. The standard InChI is InChI=1S/C34H35FN6O3/c1-34(2,3)44-33(43)38-21-23-9-8-12-26(17-23)41-29(19-30(36-4)40-41)32(42)39-28-18-25(15-16-27(28)35)31(37-20-22-13-14-22)24-10-6-5-7-11-24/h5-12,15-19,22,31,37H,13-14,20-21H2,1-3H3,(H,38,43)(H,39,42). The normalized spacial score (nSPS) is 13.5. The zero-order valence-electron chi connectivity index (χ0n) is 24.9. The van der Waals surface area contributed by atoms with Gasteiger partial charge in [-0.3, -0.25) is 4.79 Å². The van der Waals surface area contributed by atoms with Crippen molar-refractivity contribution < 1.29 is 18.7 Å². The smallest absolute Gasteiger partial charge is 0.407 e. The number of hydrogen-bond donors (Lipinski definition) is 3. The molecule has 3 N–H and O–H groups in total. The first-order valence-corrected chi connectivity index (χ1v) is 14.5. The zero-order valence-corrected chi connectivity index (χ0v) is 24.9. The van der Waals surface area contributed by atoms with Gasteiger partial charge in [0.15, 0.2) is 0 Å². The number of carbonyl (C=O) groups excluding carboxylic acids is 2. The van der Waals surface area contributed by atoms with Gasteiger partial charge >= 0.3 is 6.09 Å². The molecule has 1 aliphatic carbocycles. The first-order valence-electron chi connectivity index (χ1n) is 14.5. The van der Waals surface area contributed by atoms with Crippen molar-refractivity contribution in [1.29, 1.82) is 0 Å². The van der Waals surface area contributed by atoms with Gasteiger partial charge in [0, 0.05) is 6.54 Å². The van der Waals surface area contributed by atoms with E-state index in [-0.39, 0.29) is 29.8 Å². The van der Waals surface area contributed by atoms with Crippen molar-refractivity contribution in [3.05, 3.63) is 118 Å². The first kappa shape index (κ1) is 30.4. The lowest BCUT2D eigenvalue weighted by Gasteiger charge is -2.21. The van der Waals surface area contributed by atoms with E-state index in [0.29, 0.717) is 11.6 Å². The maximum atomic E-state index is 15.1. The summed E-state index contributed by atoms with van der Waals surface area (Å²) in [4.78, 5) is 29.1. The largest absolute Gasteiger partial charge is 0.444 e. The molecular weight excluding hydrogens is 559 g/mol. The molecule has 1 fully saturated rings. The van der Waals surface area contributed by atoms with Crippen LogP contribution in [0.2, 0.25) is 0 Å². The Morgan fingerprint density at radius 2 is 1.82 bits per heavy atom. The topological polar surface area (TPSA) is 102 Å². The van der Waals surface area contributed by atoms with Crippen LogP contribution in [0.15, 0.2) is 78.9 Å². The van der Waals surface area contributed by atoms with Crippen molar-refractivity contribution in [2.24, 2.45) is 5.92 Å². The number of aromatic nitrogens is 2. The number of alkyl carbamates (subject to hydrolysis) is 1. The number of anilines is 1. The van der Waals surface area contributed by atoms with Crippen molar-refractivity contribution in [3.8, 4) is 5.69 Å². The SMILES string of the molecule is [C-]#[N+]c1cc(C(=O)Nc2cc(C(NCC3CC3)c3ccccc3)ccc2F)n(-c2cccc(CNC(=O)OC(C)(C)C)c2)n1. The maximum Gasteiger partial charge on any atom is 0.407 e. The van der Waals surface area contributed by atoms with Gasteiger partial charge < -0.3 is 25.5 Å². The number of benzene rings is 3. The van der Waals surface area contributed by atoms with Gasteiger partial charge in [0.1, 0.15) is 17.1 Å². The minimum atomic E-state index is -0.631. The van der Waals surface area contributed by atoms with Crippen molar-refractivity contribution in [2.45, 2.75) is 51.8 Å². The number of amides is 2. The lowest BCUT2D eigenvalue weighted by Crippen LogP contribution is -2.32. The third-order valence-corrected chi connectivity index (χ3v) is 7.05. The van der Waals surface area contributed by atoms with Crippen molar-refractivity contribution >= 4 is 23.5 Å². The van der Waals surface area contributed by atoms with Crippen LogP contribution in [0, 0.1) is 18.3 Å². The molecule has 44 heavy (non-hydrogen) atoms. The number of hydrogen-bond acceptors (Lipinski definition) is 5. The van der Waals surface area contributed by atoms with Crippen LogP contribution in [0.4, 0.5) is 20.7 Å². The Morgan fingerprint density at radius 3 is 2.52 bits per heavy atom. The number of nitrogens with zero attached hydrogens (tertiary/aromatic N) is 3. The summed E-state index contributed by atoms with van der Waals surface area (Å²) in [6.07, 6.45) is 1.84. The molecule has 4 aromatic rings. The van der Waals surface area contributed by atoms with E-state index in [4.69, 9.17) is 11.3 Å². The predicted molar refractivity (Wildman–Crippen MR) is 166 cm³/mol. The van der Waals surface area contributed by atoms with Crippen molar-refractivity contribution in [3.63, 3.8) is 0 Å². The number of halogens is 1. The van der Waals surface area contributed by atoms with Crippen LogP contribution >= 0.6 is 0 Å². The Morgan fingerprint density at radius 1 is 1.05 bits per heavy atom. The van der Waals surface area contributed by atoms with E-state index in [2.05, 4.69) is 25.9 Å². The second-order valence-corrected chi connectivity index (χ2v) is 11.8. The zero-order chi connectivity index (χ0) is 31.3. The molecule has 1 aliphatic rings. The third-order valence-electron chi connectivity index (χ3n) is 7.05. The lowest BCUT2D eigenvalue weighted by atomic mass is 9.97. The highest BCUT2D eigenvalue weighted by Crippen LogP contribution is 2.31. The molecule has 1 unspecified atom stereocenters. The molecule has 0 bridgehead atoms. The molecule has 1 heterocycles. The van der Waals surface area contributed by atoms with E-state index in [1.54, 1.807) is 57.2 Å². The molecule has 1 saturated carbocycles. The number of ether oxygens (including phenoxy) is 1. The quantitative estimate of drug-likeness (QED) is 0.173. The second-order valence-electron chi connectivity index (χ2n) is 11.8. The second kappa shape index (κ2) is 13.1. The van der Waals surface area contributed by atoms with Gasteiger partial charge in [0.2, 0.25) is 0 Å². The Labute approximate surface area is 256 Å². The molecule has 10 heteroatoms. The van der Waals surface area contributed by atoms with Crippen LogP contribution < -0.4 is 16.0 Å². The minimum absolute atomic E-state index is 0.00933. The van der Waals surface area contributed by atoms with Gasteiger partial charge in [-0.1, -0.05) is 55.1 Å². The highest BCUT2D eigenvalue weighted by molar-refractivity contribution is 6.04. The molecule has 1 aromatic heterocycles. The van der Waals surface area contributed by atoms with E-state index >= 15 is 4.39 Å². The summed E-state index contributed by atoms with van der Waals surface area (Å²) in [5.41, 5.74) is 2.53. The lowest BCUT2D eigenvalue weighted by molar-refractivity contribution is 0.0523. The number of rotatable bonds is 10. The molecule has 0 aliphatic heterocycles. The fourth-order valence-corrected chi connectivity index (χ4v) is 4.75. The van der Waals surface area contributed by atoms with Crippen LogP contribution in [-0.4, -0.2) is 33.9 Å². The average Bonchev–Trinajstić information content (AvgIpc) is 3.72. The van der Waals surface area contributed by atoms with Crippen LogP contribution in [0.3, 0.4) is 0 Å². The molecule has 226 valence electrons. The number of nitrogens with one attached hydrogen (secondary N) is 3. The molecule has 0 saturated heterocycles. The summed E-state index contributed by atoms with van der Waals surface area (Å²) in [5, 5.41) is 13.3. The summed E-state index contributed by atoms with van der Waals surface area (Å²) in [5.74, 6) is -0.551. The van der Waals surface area contributed by atoms with E-state index in [9.17, 15) is 9.59 Å². The molecule has 3 aromatic carbocycles. The summed E-state index contributed by atoms with van der Waals surface area (Å²) >= 11 is 0. The molecular formula is C34H35FN6O3. The molecule has 0 radical (unpaired) electrons. The monoisotopic (exact) mass is 594 g/mol. The molecule has 9 nitrogen and oxygen atoms in total. The van der Waals surface area contributed by atoms with Crippen LogP contribution in [0.25, 0.3) is 10.5 Å². The summed E-state index contributed by atoms with van der Waals surface area (Å²) in [6, 6.07) is 22.9. The minimum Gasteiger partial charge on any atom is -0.444 e. The third kappa shape index (κ3) is 7.88. The van der Waals surface area contributed by atoms with Crippen molar-refractivity contribution in [1.82, 2.24) is 20.4 Å². The summed E-state index contributed by atoms with van der Waals surface area (Å²) in [7, 11) is 0. The Kier molecular flexibility index (Phi) is 9.07. The highest BCUT2D eigenvalue weighted by atomic mass is 19.1. The Balaban J connectivity index is 1.38. The first-order chi connectivity index (χ1) is 21.1. The van der Waals surface area contributed by atoms with Gasteiger partial charge in [0.25, 0.3) is 11.7 Å². The molecule has 0 spiro atoms. The van der Waals surface area contributed by atoms with Crippen molar-refractivity contribution in [2.75, 3.05) is 11.9 Å².